The quantitative estimate of drug-likeness (QED) is 0.341. The fourth-order valence-corrected chi connectivity index (χ4v) is 3.70. The van der Waals surface area contributed by atoms with Crippen molar-refractivity contribution in [3.63, 3.8) is 0 Å². The molecule has 0 fully saturated rings. The number of hydrogen-bond donors (Lipinski definition) is 1. The molecule has 0 atom stereocenters. The molecule has 3 aromatic heterocycles. The normalized spacial score (nSPS) is 11.0. The van der Waals surface area contributed by atoms with Crippen LogP contribution in [0, 0.1) is 5.21 Å². The molecular weight excluding hydrogens is 416 g/mol. The van der Waals surface area contributed by atoms with Gasteiger partial charge in [-0.25, -0.2) is 9.52 Å². The molecule has 2 aromatic carbocycles. The first-order chi connectivity index (χ1) is 15.1. The minimum absolute atomic E-state index is 0.182. The van der Waals surface area contributed by atoms with Gasteiger partial charge in [0.05, 0.1) is 34.6 Å². The van der Waals surface area contributed by atoms with Gasteiger partial charge in [-0.15, -0.1) is 0 Å². The zero-order chi connectivity index (χ0) is 21.4. The summed E-state index contributed by atoms with van der Waals surface area (Å²) in [6.07, 6.45) is 4.67. The number of rotatable bonds is 4. The lowest BCUT2D eigenvalue weighted by Gasteiger charge is -2.05. The van der Waals surface area contributed by atoms with Crippen molar-refractivity contribution in [2.45, 2.75) is 0 Å². The lowest BCUT2D eigenvalue weighted by Crippen LogP contribution is -2.31. The molecule has 0 aliphatic rings. The summed E-state index contributed by atoms with van der Waals surface area (Å²) in [6.45, 7) is 0. The summed E-state index contributed by atoms with van der Waals surface area (Å²) < 4.78 is 1.83. The average Bonchev–Trinajstić information content (AvgIpc) is 3.40. The molecule has 0 radical (unpaired) electrons. The van der Waals surface area contributed by atoms with Crippen molar-refractivity contribution in [3.8, 4) is 22.4 Å². The van der Waals surface area contributed by atoms with E-state index in [1.54, 1.807) is 42.7 Å². The van der Waals surface area contributed by atoms with E-state index in [0.717, 1.165) is 11.1 Å². The largest absolute Gasteiger partial charge is 0.710 e. The van der Waals surface area contributed by atoms with Crippen molar-refractivity contribution in [1.29, 1.82) is 0 Å². The van der Waals surface area contributed by atoms with Gasteiger partial charge >= 0.3 is 11.6 Å². The summed E-state index contributed by atoms with van der Waals surface area (Å²) >= 11 is 5.98. The lowest BCUT2D eigenvalue weighted by molar-refractivity contribution is -0.581. The number of carbonyl (C=O) groups excluding carboxylic acids is 1. The molecule has 0 unspecified atom stereocenters. The van der Waals surface area contributed by atoms with Crippen molar-refractivity contribution < 1.29 is 14.4 Å². The maximum absolute atomic E-state index is 12.7. The van der Waals surface area contributed by atoms with Crippen LogP contribution in [0.25, 0.3) is 33.4 Å². The van der Waals surface area contributed by atoms with E-state index in [0.29, 0.717) is 26.4 Å². The molecule has 1 N–H and O–H groups in total. The van der Waals surface area contributed by atoms with Gasteiger partial charge in [-0.2, -0.15) is 5.10 Å². The van der Waals surface area contributed by atoms with Gasteiger partial charge in [-0.1, -0.05) is 48.0 Å². The fraction of sp³-hybridized carbons (Fsp3) is 0. The van der Waals surface area contributed by atoms with Crippen molar-refractivity contribution in [3.05, 3.63) is 101 Å². The Kier molecular flexibility index (Phi) is 4.65. The van der Waals surface area contributed by atoms with Crippen LogP contribution in [-0.2, 0) is 0 Å². The molecule has 0 spiro atoms. The average molecular weight is 431 g/mol. The van der Waals surface area contributed by atoms with Gasteiger partial charge in [-0.05, 0) is 40.6 Å². The second kappa shape index (κ2) is 7.62. The van der Waals surface area contributed by atoms with Crippen molar-refractivity contribution in [2.24, 2.45) is 0 Å². The van der Waals surface area contributed by atoms with E-state index in [-0.39, 0.29) is 11.2 Å². The number of nitrogens with zero attached hydrogens (tertiary/aromatic N) is 3. The van der Waals surface area contributed by atoms with E-state index < -0.39 is 5.97 Å². The van der Waals surface area contributed by atoms with Gasteiger partial charge in [0.25, 0.3) is 0 Å². The Morgan fingerprint density at radius 3 is 2.71 bits per heavy atom. The number of aromatic amines is 1. The SMILES string of the molecule is O=C(On1cc(-c2[nH]ncc2-c2ccccc2)c2ccc[n+]([O-])c21)c1cccc(Cl)c1. The van der Waals surface area contributed by atoms with Crippen LogP contribution in [0.1, 0.15) is 10.4 Å². The first-order valence-corrected chi connectivity index (χ1v) is 9.80. The number of hydrogen-bond acceptors (Lipinski definition) is 4. The molecule has 5 rings (SSSR count). The summed E-state index contributed by atoms with van der Waals surface area (Å²) in [5.74, 6) is -0.636. The Hall–Kier alpha value is -4.10. The number of carbonyl (C=O) groups is 1. The maximum Gasteiger partial charge on any atom is 0.388 e. The summed E-state index contributed by atoms with van der Waals surface area (Å²) in [7, 11) is 0. The number of fused-ring (bicyclic) bond motifs is 1. The third-order valence-electron chi connectivity index (χ3n) is 4.91. The first-order valence-electron chi connectivity index (χ1n) is 9.42. The van der Waals surface area contributed by atoms with Gasteiger partial charge < -0.3 is 5.21 Å². The number of pyridine rings is 1. The van der Waals surface area contributed by atoms with Crippen molar-refractivity contribution in [2.75, 3.05) is 0 Å². The minimum Gasteiger partial charge on any atom is -0.710 e. The Morgan fingerprint density at radius 2 is 1.90 bits per heavy atom. The first kappa shape index (κ1) is 18.9. The molecule has 0 amide bonds. The minimum atomic E-state index is -0.636. The topological polar surface area (TPSA) is 86.8 Å². The van der Waals surface area contributed by atoms with E-state index >= 15 is 0 Å². The van der Waals surface area contributed by atoms with E-state index in [4.69, 9.17) is 16.4 Å². The van der Waals surface area contributed by atoms with Gasteiger partial charge in [0.2, 0.25) is 0 Å². The predicted molar refractivity (Wildman–Crippen MR) is 116 cm³/mol. The number of aromatic nitrogens is 4. The van der Waals surface area contributed by atoms with Gasteiger partial charge in [0, 0.05) is 10.6 Å². The molecule has 0 bridgehead atoms. The molecule has 0 aliphatic carbocycles. The van der Waals surface area contributed by atoms with Crippen LogP contribution >= 0.6 is 11.6 Å². The lowest BCUT2D eigenvalue weighted by atomic mass is 10.0. The highest BCUT2D eigenvalue weighted by Gasteiger charge is 2.25. The zero-order valence-corrected chi connectivity index (χ0v) is 16.8. The highest BCUT2D eigenvalue weighted by Crippen LogP contribution is 2.34. The Labute approximate surface area is 181 Å². The molecule has 5 aromatic rings. The van der Waals surface area contributed by atoms with Crippen LogP contribution in [-0.4, -0.2) is 20.9 Å². The Bertz CT molecular complexity index is 1410. The molecule has 0 saturated heterocycles. The van der Waals surface area contributed by atoms with Crippen LogP contribution in [0.4, 0.5) is 0 Å². The van der Waals surface area contributed by atoms with E-state index in [1.165, 1.54) is 17.0 Å². The fourth-order valence-electron chi connectivity index (χ4n) is 3.51. The molecule has 7 nitrogen and oxygen atoms in total. The van der Waals surface area contributed by atoms with Crippen molar-refractivity contribution in [1.82, 2.24) is 14.9 Å². The van der Waals surface area contributed by atoms with E-state index in [9.17, 15) is 10.0 Å². The molecule has 0 saturated carbocycles. The predicted octanol–water partition coefficient (Wildman–Crippen LogP) is 4.25. The molecule has 0 aliphatic heterocycles. The molecular formula is C23H15ClN4O3. The molecule has 8 heteroatoms. The summed E-state index contributed by atoms with van der Waals surface area (Å²) in [5.41, 5.74) is 3.67. The van der Waals surface area contributed by atoms with Gasteiger partial charge in [-0.3, -0.25) is 9.94 Å². The molecule has 31 heavy (non-hydrogen) atoms. The highest BCUT2D eigenvalue weighted by molar-refractivity contribution is 6.30. The van der Waals surface area contributed by atoms with E-state index in [2.05, 4.69) is 10.2 Å². The molecule has 3 heterocycles. The van der Waals surface area contributed by atoms with Crippen LogP contribution in [0.3, 0.4) is 0 Å². The third-order valence-corrected chi connectivity index (χ3v) is 5.15. The number of nitrogens with one attached hydrogen (secondary N) is 1. The highest BCUT2D eigenvalue weighted by atomic mass is 35.5. The third kappa shape index (κ3) is 3.41. The van der Waals surface area contributed by atoms with Gasteiger partial charge in [0.15, 0.2) is 0 Å². The van der Waals surface area contributed by atoms with Crippen LogP contribution in [0.15, 0.2) is 85.3 Å². The molecule has 152 valence electrons. The Morgan fingerprint density at radius 1 is 1.06 bits per heavy atom. The van der Waals surface area contributed by atoms with E-state index in [1.807, 2.05) is 30.3 Å². The second-order valence-corrected chi connectivity index (χ2v) is 7.29. The number of halogens is 1. The standard InChI is InChI=1S/C23H15ClN4O3/c24-17-9-4-8-16(12-17)23(29)31-28-14-20(18-10-5-11-27(30)22(18)28)21-19(13-25-26-21)15-6-2-1-3-7-15/h1-14H,(H,25,26). The smallest absolute Gasteiger partial charge is 0.388 e. The Balaban J connectivity index is 1.63. The second-order valence-electron chi connectivity index (χ2n) is 6.85. The monoisotopic (exact) mass is 430 g/mol. The van der Waals surface area contributed by atoms with Crippen LogP contribution < -0.4 is 9.57 Å². The number of H-pyrrole nitrogens is 1. The summed E-state index contributed by atoms with van der Waals surface area (Å²) in [4.78, 5) is 18.2. The van der Waals surface area contributed by atoms with Crippen molar-refractivity contribution >= 4 is 28.6 Å². The maximum atomic E-state index is 12.7. The number of benzene rings is 2. The zero-order valence-electron chi connectivity index (χ0n) is 16.0. The van der Waals surface area contributed by atoms with Crippen LogP contribution in [0.5, 0.6) is 0 Å². The summed E-state index contributed by atoms with van der Waals surface area (Å²) in [5, 5.41) is 20.8. The summed E-state index contributed by atoms with van der Waals surface area (Å²) in [6, 6.07) is 19.6. The van der Waals surface area contributed by atoms with Crippen LogP contribution in [0.2, 0.25) is 5.02 Å². The van der Waals surface area contributed by atoms with Gasteiger partial charge in [0.1, 0.15) is 6.20 Å².